The zero-order valence-electron chi connectivity index (χ0n) is 14.7. The molecule has 3 rings (SSSR count). The molecule has 1 fully saturated rings. The predicted octanol–water partition coefficient (Wildman–Crippen LogP) is 4.80. The van der Waals surface area contributed by atoms with Crippen molar-refractivity contribution in [3.8, 4) is 11.5 Å². The van der Waals surface area contributed by atoms with Gasteiger partial charge in [-0.2, -0.15) is 0 Å². The van der Waals surface area contributed by atoms with Crippen molar-refractivity contribution < 1.29 is 24.2 Å². The molecule has 0 aromatic heterocycles. The minimum atomic E-state index is -2.18. The molecule has 1 amide bonds. The Kier molecular flexibility index (Phi) is 5.87. The highest BCUT2D eigenvalue weighted by Gasteiger charge is 2.85. The molecule has 0 aliphatic heterocycles. The first-order valence-electron chi connectivity index (χ1n) is 7.97. The summed E-state index contributed by atoms with van der Waals surface area (Å²) in [5, 5.41) is 11.8. The molecule has 1 aromatic carbocycles. The minimum Gasteiger partial charge on any atom is -0.497 e. The van der Waals surface area contributed by atoms with Gasteiger partial charge in [-0.05, 0) is 12.1 Å². The number of anilines is 1. The number of allylic oxidation sites excluding steroid dienone is 2. The van der Waals surface area contributed by atoms with Gasteiger partial charge in [-0.25, -0.2) is 0 Å². The Labute approximate surface area is 195 Å². The molecule has 12 heteroatoms. The zero-order valence-corrected chi connectivity index (χ0v) is 19.3. The molecule has 4 atom stereocenters. The molecule has 0 unspecified atom stereocenters. The minimum absolute atomic E-state index is 0.202. The summed E-state index contributed by atoms with van der Waals surface area (Å²) in [4.78, 5) is 21.1. The monoisotopic (exact) mass is 521 g/mol. The van der Waals surface area contributed by atoms with Crippen molar-refractivity contribution in [3.05, 3.63) is 28.3 Å². The number of carbonyl (C=O) groups excluding carboxylic acids is 1. The van der Waals surface area contributed by atoms with Gasteiger partial charge in [0.2, 0.25) is 5.91 Å². The van der Waals surface area contributed by atoms with Gasteiger partial charge in [0.25, 0.3) is 0 Å². The number of hydrogen-bond acceptors (Lipinski definition) is 4. The Hall–Kier alpha value is -0.760. The largest absolute Gasteiger partial charge is 0.497 e. The lowest BCUT2D eigenvalue weighted by Gasteiger charge is -2.33. The Balaban J connectivity index is 2.11. The fourth-order valence-electron chi connectivity index (χ4n) is 3.75. The summed E-state index contributed by atoms with van der Waals surface area (Å²) in [5.74, 6) is -4.81. The Morgan fingerprint density at radius 3 is 2.03 bits per heavy atom. The number of benzene rings is 1. The highest BCUT2D eigenvalue weighted by atomic mass is 35.5. The summed E-state index contributed by atoms with van der Waals surface area (Å²) in [6.07, 6.45) is 0. The quantitative estimate of drug-likeness (QED) is 0.541. The second-order valence-corrected chi connectivity index (χ2v) is 9.75. The van der Waals surface area contributed by atoms with Crippen LogP contribution in [0.15, 0.2) is 28.3 Å². The molecule has 1 aromatic rings. The van der Waals surface area contributed by atoms with E-state index in [1.54, 1.807) is 12.1 Å². The summed E-state index contributed by atoms with van der Waals surface area (Å²) in [7, 11) is 2.84. The fraction of sp³-hybridized carbons (Fsp3) is 0.412. The van der Waals surface area contributed by atoms with Crippen LogP contribution in [0.2, 0.25) is 0 Å². The van der Waals surface area contributed by atoms with E-state index in [2.05, 4.69) is 5.32 Å². The van der Waals surface area contributed by atoms with E-state index in [1.165, 1.54) is 20.3 Å². The molecule has 0 spiro atoms. The number of halogens is 6. The molecule has 29 heavy (non-hydrogen) atoms. The lowest BCUT2D eigenvalue weighted by Crippen LogP contribution is -2.47. The molecule has 2 aliphatic carbocycles. The summed E-state index contributed by atoms with van der Waals surface area (Å²) < 4.78 is 8.17. The van der Waals surface area contributed by atoms with Crippen LogP contribution < -0.4 is 14.8 Å². The predicted molar refractivity (Wildman–Crippen MR) is 113 cm³/mol. The van der Waals surface area contributed by atoms with Gasteiger partial charge >= 0.3 is 5.97 Å². The van der Waals surface area contributed by atoms with Crippen LogP contribution >= 0.6 is 69.6 Å². The first kappa shape index (κ1) is 22.9. The molecule has 0 saturated heterocycles. The molecule has 1 saturated carbocycles. The topological polar surface area (TPSA) is 84.9 Å². The van der Waals surface area contributed by atoms with Crippen molar-refractivity contribution in [2.75, 3.05) is 19.5 Å². The number of rotatable bonds is 5. The van der Waals surface area contributed by atoms with E-state index in [0.717, 1.165) is 0 Å². The van der Waals surface area contributed by atoms with Crippen LogP contribution in [0.1, 0.15) is 0 Å². The number of carboxylic acid groups (broad SMARTS) is 1. The maximum Gasteiger partial charge on any atom is 0.309 e. The molecule has 2 bridgehead atoms. The van der Waals surface area contributed by atoms with Crippen LogP contribution in [0.25, 0.3) is 0 Å². The van der Waals surface area contributed by atoms with Gasteiger partial charge in [-0.3, -0.25) is 9.59 Å². The molecule has 158 valence electrons. The van der Waals surface area contributed by atoms with Crippen molar-refractivity contribution in [1.82, 2.24) is 0 Å². The SMILES string of the molecule is COc1ccc(OC)c(NC(=O)[C@H]2[C@H](C(=O)O)[C@@]3(Cl)C(Cl)=C(Cl)[C@@]2(Cl)C3(Cl)Cl)c1. The van der Waals surface area contributed by atoms with Crippen LogP contribution in [-0.4, -0.2) is 45.3 Å². The van der Waals surface area contributed by atoms with Crippen molar-refractivity contribution in [1.29, 1.82) is 0 Å². The Bertz CT molecular complexity index is 937. The van der Waals surface area contributed by atoms with Crippen molar-refractivity contribution in [3.63, 3.8) is 0 Å². The standard InChI is InChI=1S/C17H13Cl6NO5/c1-28-6-3-4-8(29-2)7(5-6)24-13(25)9-10(14(26)27)16(21)12(19)11(18)15(9,20)17(16,22)23/h3-5,9-10H,1-2H3,(H,24,25)(H,26,27)/t9-,10-,15-,16-/m1/s1. The first-order chi connectivity index (χ1) is 13.4. The molecule has 0 heterocycles. The number of aliphatic carboxylic acids is 1. The third-order valence-electron chi connectivity index (χ3n) is 5.15. The van der Waals surface area contributed by atoms with E-state index < -0.39 is 37.8 Å². The van der Waals surface area contributed by atoms with Gasteiger partial charge in [-0.1, -0.05) is 46.4 Å². The number of alkyl halides is 4. The number of ether oxygens (including phenoxy) is 2. The number of methoxy groups -OCH3 is 2. The van der Waals surface area contributed by atoms with E-state index >= 15 is 0 Å². The highest BCUT2D eigenvalue weighted by Crippen LogP contribution is 2.76. The maximum atomic E-state index is 13.2. The van der Waals surface area contributed by atoms with Crippen LogP contribution in [0.5, 0.6) is 11.5 Å². The summed E-state index contributed by atoms with van der Waals surface area (Å²) >= 11 is 38.3. The van der Waals surface area contributed by atoms with E-state index in [1.807, 2.05) is 0 Å². The summed E-state index contributed by atoms with van der Waals surface area (Å²) in [6.45, 7) is 0. The van der Waals surface area contributed by atoms with Gasteiger partial charge in [0, 0.05) is 6.07 Å². The molecular weight excluding hydrogens is 511 g/mol. The van der Waals surface area contributed by atoms with Crippen LogP contribution in [0, 0.1) is 11.8 Å². The van der Waals surface area contributed by atoms with Crippen LogP contribution in [0.3, 0.4) is 0 Å². The highest BCUT2D eigenvalue weighted by molar-refractivity contribution is 6.66. The average Bonchev–Trinajstić information content (AvgIpc) is 2.87. The van der Waals surface area contributed by atoms with Gasteiger partial charge in [0.15, 0.2) is 4.33 Å². The summed E-state index contributed by atoms with van der Waals surface area (Å²) in [5.41, 5.74) is 0.202. The van der Waals surface area contributed by atoms with Crippen molar-refractivity contribution >= 4 is 87.2 Å². The van der Waals surface area contributed by atoms with Crippen molar-refractivity contribution in [2.24, 2.45) is 11.8 Å². The van der Waals surface area contributed by atoms with Gasteiger partial charge in [0.05, 0.1) is 41.8 Å². The number of hydrogen-bond donors (Lipinski definition) is 2. The van der Waals surface area contributed by atoms with Gasteiger partial charge in [-0.15, -0.1) is 23.2 Å². The maximum absolute atomic E-state index is 13.2. The fourth-order valence-corrected chi connectivity index (χ4v) is 6.68. The number of fused-ring (bicyclic) bond motifs is 2. The molecule has 2 N–H and O–H groups in total. The van der Waals surface area contributed by atoms with Crippen LogP contribution in [0.4, 0.5) is 5.69 Å². The average molecular weight is 524 g/mol. The number of nitrogens with one attached hydrogen (secondary N) is 1. The van der Waals surface area contributed by atoms with Gasteiger partial charge in [0.1, 0.15) is 21.2 Å². The smallest absolute Gasteiger partial charge is 0.309 e. The second-order valence-electron chi connectivity index (χ2n) is 6.47. The van der Waals surface area contributed by atoms with Crippen LogP contribution in [-0.2, 0) is 9.59 Å². The number of carboxylic acids is 1. The number of amides is 1. The third-order valence-corrected chi connectivity index (χ3v) is 9.41. The summed E-state index contributed by atoms with van der Waals surface area (Å²) in [6, 6.07) is 4.65. The molecule has 2 aliphatic rings. The first-order valence-corrected chi connectivity index (χ1v) is 10.2. The Morgan fingerprint density at radius 1 is 1.00 bits per heavy atom. The van der Waals surface area contributed by atoms with Gasteiger partial charge < -0.3 is 19.9 Å². The Morgan fingerprint density at radius 2 is 1.55 bits per heavy atom. The van der Waals surface area contributed by atoms with E-state index in [0.29, 0.717) is 11.5 Å². The normalized spacial score (nSPS) is 32.3. The van der Waals surface area contributed by atoms with E-state index in [4.69, 9.17) is 79.1 Å². The zero-order chi connectivity index (χ0) is 21.9. The third kappa shape index (κ3) is 2.83. The molecule has 6 nitrogen and oxygen atoms in total. The van der Waals surface area contributed by atoms with Crippen molar-refractivity contribution in [2.45, 2.75) is 14.1 Å². The van der Waals surface area contributed by atoms with E-state index in [9.17, 15) is 14.7 Å². The molecular formula is C17H13Cl6NO5. The van der Waals surface area contributed by atoms with E-state index in [-0.39, 0.29) is 15.8 Å². The lowest BCUT2D eigenvalue weighted by atomic mass is 9.81. The number of carbonyl (C=O) groups is 2. The molecule has 0 radical (unpaired) electrons. The lowest BCUT2D eigenvalue weighted by molar-refractivity contribution is -0.146. The second kappa shape index (κ2) is 7.43.